The molecular formula is C11H20O. The standard InChI is InChI=1S/C11H20O/c12-11(7-3-4-8-11)9-10-5-1-2-6-10/h10,12H,1-9H2. The Labute approximate surface area is 75.2 Å². The lowest BCUT2D eigenvalue weighted by Gasteiger charge is -2.25. The summed E-state index contributed by atoms with van der Waals surface area (Å²) in [6.07, 6.45) is 11.3. The van der Waals surface area contributed by atoms with Crippen molar-refractivity contribution in [1.29, 1.82) is 0 Å². The highest BCUT2D eigenvalue weighted by Crippen LogP contribution is 2.39. The van der Waals surface area contributed by atoms with E-state index in [4.69, 9.17) is 0 Å². The second-order valence-corrected chi connectivity index (χ2v) is 4.79. The maximum Gasteiger partial charge on any atom is 0.0650 e. The van der Waals surface area contributed by atoms with Crippen LogP contribution in [0.1, 0.15) is 57.8 Å². The lowest BCUT2D eigenvalue weighted by molar-refractivity contribution is 0.0230. The van der Waals surface area contributed by atoms with Crippen LogP contribution in [0.2, 0.25) is 0 Å². The van der Waals surface area contributed by atoms with Crippen molar-refractivity contribution in [3.05, 3.63) is 0 Å². The fraction of sp³-hybridized carbons (Fsp3) is 1.00. The Balaban J connectivity index is 1.83. The molecule has 2 aliphatic rings. The molecule has 0 saturated heterocycles. The first-order valence-electron chi connectivity index (χ1n) is 5.51. The van der Waals surface area contributed by atoms with E-state index in [0.29, 0.717) is 0 Å². The van der Waals surface area contributed by atoms with Crippen molar-refractivity contribution in [1.82, 2.24) is 0 Å². The summed E-state index contributed by atoms with van der Waals surface area (Å²) < 4.78 is 0. The molecule has 0 heterocycles. The molecule has 1 N–H and O–H groups in total. The lowest BCUT2D eigenvalue weighted by Crippen LogP contribution is -2.26. The molecule has 12 heavy (non-hydrogen) atoms. The highest BCUT2D eigenvalue weighted by molar-refractivity contribution is 4.87. The largest absolute Gasteiger partial charge is 0.390 e. The maximum absolute atomic E-state index is 10.2. The van der Waals surface area contributed by atoms with Gasteiger partial charge in [-0.2, -0.15) is 0 Å². The van der Waals surface area contributed by atoms with Gasteiger partial charge in [0.15, 0.2) is 0 Å². The van der Waals surface area contributed by atoms with Crippen LogP contribution in [0.3, 0.4) is 0 Å². The highest BCUT2D eigenvalue weighted by Gasteiger charge is 2.34. The smallest absolute Gasteiger partial charge is 0.0650 e. The van der Waals surface area contributed by atoms with Crippen molar-refractivity contribution < 1.29 is 5.11 Å². The van der Waals surface area contributed by atoms with E-state index in [-0.39, 0.29) is 5.60 Å². The molecule has 0 bridgehead atoms. The predicted molar refractivity (Wildman–Crippen MR) is 50.0 cm³/mol. The Kier molecular flexibility index (Phi) is 2.40. The van der Waals surface area contributed by atoms with Crippen molar-refractivity contribution >= 4 is 0 Å². The van der Waals surface area contributed by atoms with Crippen LogP contribution in [0.5, 0.6) is 0 Å². The van der Waals surface area contributed by atoms with Gasteiger partial charge in [-0.15, -0.1) is 0 Å². The van der Waals surface area contributed by atoms with Gasteiger partial charge in [0.1, 0.15) is 0 Å². The predicted octanol–water partition coefficient (Wildman–Crippen LogP) is 2.87. The van der Waals surface area contributed by atoms with E-state index < -0.39 is 0 Å². The zero-order valence-corrected chi connectivity index (χ0v) is 7.89. The van der Waals surface area contributed by atoms with Crippen molar-refractivity contribution in [2.24, 2.45) is 5.92 Å². The molecule has 0 aromatic heterocycles. The molecule has 0 atom stereocenters. The maximum atomic E-state index is 10.2. The first-order valence-corrected chi connectivity index (χ1v) is 5.51. The Morgan fingerprint density at radius 2 is 1.58 bits per heavy atom. The average molecular weight is 168 g/mol. The summed E-state index contributed by atoms with van der Waals surface area (Å²) in [7, 11) is 0. The molecule has 0 unspecified atom stereocenters. The molecule has 2 fully saturated rings. The fourth-order valence-corrected chi connectivity index (χ4v) is 2.99. The zero-order valence-electron chi connectivity index (χ0n) is 7.89. The number of rotatable bonds is 2. The van der Waals surface area contributed by atoms with Gasteiger partial charge in [-0.05, 0) is 25.2 Å². The third-order valence-corrected chi connectivity index (χ3v) is 3.68. The van der Waals surface area contributed by atoms with E-state index in [9.17, 15) is 5.11 Å². The number of hydrogen-bond donors (Lipinski definition) is 1. The zero-order chi connectivity index (χ0) is 8.44. The Bertz CT molecular complexity index is 141. The van der Waals surface area contributed by atoms with E-state index in [0.717, 1.165) is 25.2 Å². The van der Waals surface area contributed by atoms with Crippen LogP contribution in [0, 0.1) is 5.92 Å². The Hall–Kier alpha value is -0.0400. The molecule has 70 valence electrons. The molecule has 0 aromatic carbocycles. The van der Waals surface area contributed by atoms with Gasteiger partial charge in [-0.1, -0.05) is 38.5 Å². The molecule has 1 nitrogen and oxygen atoms in total. The summed E-state index contributed by atoms with van der Waals surface area (Å²) >= 11 is 0. The molecule has 0 radical (unpaired) electrons. The molecule has 0 amide bonds. The monoisotopic (exact) mass is 168 g/mol. The van der Waals surface area contributed by atoms with Crippen LogP contribution in [0.15, 0.2) is 0 Å². The van der Waals surface area contributed by atoms with Crippen molar-refractivity contribution in [3.8, 4) is 0 Å². The molecule has 0 spiro atoms. The topological polar surface area (TPSA) is 20.2 Å². The third kappa shape index (κ3) is 1.82. The fourth-order valence-electron chi connectivity index (χ4n) is 2.99. The molecule has 0 aromatic rings. The average Bonchev–Trinajstić information content (AvgIpc) is 2.62. The Morgan fingerprint density at radius 1 is 1.00 bits per heavy atom. The van der Waals surface area contributed by atoms with Crippen LogP contribution in [0.4, 0.5) is 0 Å². The lowest BCUT2D eigenvalue weighted by atomic mass is 9.88. The first-order chi connectivity index (χ1) is 5.79. The molecule has 1 heteroatoms. The molecule has 2 saturated carbocycles. The van der Waals surface area contributed by atoms with Gasteiger partial charge in [-0.3, -0.25) is 0 Å². The quantitative estimate of drug-likeness (QED) is 0.672. The summed E-state index contributed by atoms with van der Waals surface area (Å²) in [6, 6.07) is 0. The summed E-state index contributed by atoms with van der Waals surface area (Å²) in [6.45, 7) is 0. The highest BCUT2D eigenvalue weighted by atomic mass is 16.3. The van der Waals surface area contributed by atoms with Crippen LogP contribution in [0.25, 0.3) is 0 Å². The minimum absolute atomic E-state index is 0.241. The number of aliphatic hydroxyl groups is 1. The van der Waals surface area contributed by atoms with Gasteiger partial charge in [0.2, 0.25) is 0 Å². The van der Waals surface area contributed by atoms with Gasteiger partial charge in [0, 0.05) is 0 Å². The molecule has 0 aliphatic heterocycles. The summed E-state index contributed by atoms with van der Waals surface area (Å²) in [4.78, 5) is 0. The van der Waals surface area contributed by atoms with E-state index in [2.05, 4.69) is 0 Å². The third-order valence-electron chi connectivity index (χ3n) is 3.68. The van der Waals surface area contributed by atoms with Crippen LogP contribution in [-0.2, 0) is 0 Å². The van der Waals surface area contributed by atoms with Gasteiger partial charge in [0.25, 0.3) is 0 Å². The van der Waals surface area contributed by atoms with E-state index >= 15 is 0 Å². The van der Waals surface area contributed by atoms with Crippen LogP contribution < -0.4 is 0 Å². The van der Waals surface area contributed by atoms with Crippen LogP contribution in [-0.4, -0.2) is 10.7 Å². The summed E-state index contributed by atoms with van der Waals surface area (Å²) in [5, 5.41) is 10.2. The number of hydrogen-bond acceptors (Lipinski definition) is 1. The SMILES string of the molecule is OC1(CC2CCCC2)CCCC1. The van der Waals surface area contributed by atoms with Gasteiger partial charge < -0.3 is 5.11 Å². The molecule has 2 rings (SSSR count). The van der Waals surface area contributed by atoms with Gasteiger partial charge in [0.05, 0.1) is 5.60 Å². The molecule has 2 aliphatic carbocycles. The molecular weight excluding hydrogens is 148 g/mol. The normalized spacial score (nSPS) is 29.8. The van der Waals surface area contributed by atoms with Crippen LogP contribution >= 0.6 is 0 Å². The van der Waals surface area contributed by atoms with Crippen molar-refractivity contribution in [2.75, 3.05) is 0 Å². The van der Waals surface area contributed by atoms with E-state index in [1.807, 2.05) is 0 Å². The summed E-state index contributed by atoms with van der Waals surface area (Å²) in [5.74, 6) is 0.855. The summed E-state index contributed by atoms with van der Waals surface area (Å²) in [5.41, 5.74) is -0.241. The first kappa shape index (κ1) is 8.55. The minimum atomic E-state index is -0.241. The Morgan fingerprint density at radius 3 is 2.17 bits per heavy atom. The van der Waals surface area contributed by atoms with E-state index in [1.54, 1.807) is 0 Å². The van der Waals surface area contributed by atoms with Gasteiger partial charge in [-0.25, -0.2) is 0 Å². The van der Waals surface area contributed by atoms with Gasteiger partial charge >= 0.3 is 0 Å². The van der Waals surface area contributed by atoms with E-state index in [1.165, 1.54) is 38.5 Å². The van der Waals surface area contributed by atoms with Crippen molar-refractivity contribution in [3.63, 3.8) is 0 Å². The minimum Gasteiger partial charge on any atom is -0.390 e. The second kappa shape index (κ2) is 3.37. The second-order valence-electron chi connectivity index (χ2n) is 4.79. The van der Waals surface area contributed by atoms with Crippen molar-refractivity contribution in [2.45, 2.75) is 63.4 Å².